The maximum absolute atomic E-state index is 12.9. The zero-order valence-corrected chi connectivity index (χ0v) is 12.3. The van der Waals surface area contributed by atoms with Crippen molar-refractivity contribution in [2.45, 2.75) is 57.2 Å². The number of hydrogen-bond acceptors (Lipinski definition) is 3. The predicted octanol–water partition coefficient (Wildman–Crippen LogP) is 4.67. The fourth-order valence-electron chi connectivity index (χ4n) is 2.71. The Kier molecular flexibility index (Phi) is 5.31. The molecule has 2 N–H and O–H groups in total. The molecule has 118 valence electrons. The first-order chi connectivity index (χ1) is 9.99. The van der Waals surface area contributed by atoms with Crippen molar-refractivity contribution in [2.24, 2.45) is 0 Å². The summed E-state index contributed by atoms with van der Waals surface area (Å²) in [6, 6.07) is 2.34. The smallest absolute Gasteiger partial charge is 0.373 e. The van der Waals surface area contributed by atoms with Crippen molar-refractivity contribution in [1.29, 1.82) is 0 Å². The number of aromatic nitrogens is 1. The van der Waals surface area contributed by atoms with Gasteiger partial charge in [-0.3, -0.25) is 0 Å². The molecule has 21 heavy (non-hydrogen) atoms. The van der Waals surface area contributed by atoms with Crippen molar-refractivity contribution in [3.63, 3.8) is 0 Å². The number of nitrogens with one attached hydrogen (secondary N) is 2. The molecule has 3 nitrogen and oxygen atoms in total. The van der Waals surface area contributed by atoms with Crippen LogP contribution in [-0.2, 0) is 6.18 Å². The summed E-state index contributed by atoms with van der Waals surface area (Å²) < 4.78 is 38.7. The second-order valence-electron chi connectivity index (χ2n) is 5.56. The molecule has 1 fully saturated rings. The Morgan fingerprint density at radius 2 is 1.57 bits per heavy atom. The summed E-state index contributed by atoms with van der Waals surface area (Å²) in [6.07, 6.45) is 3.54. The Balaban J connectivity index is 2.14. The largest absolute Gasteiger partial charge is 0.416 e. The van der Waals surface area contributed by atoms with Crippen LogP contribution in [0.5, 0.6) is 0 Å². The molecule has 1 aliphatic rings. The van der Waals surface area contributed by atoms with Crippen molar-refractivity contribution in [3.8, 4) is 0 Å². The van der Waals surface area contributed by atoms with E-state index in [1.807, 2.05) is 0 Å². The molecular weight excluding hydrogens is 279 g/mol. The van der Waals surface area contributed by atoms with Crippen LogP contribution in [0.3, 0.4) is 0 Å². The van der Waals surface area contributed by atoms with Crippen LogP contribution < -0.4 is 10.6 Å². The Morgan fingerprint density at radius 3 is 2.14 bits per heavy atom. The van der Waals surface area contributed by atoms with Gasteiger partial charge >= 0.3 is 6.18 Å². The highest BCUT2D eigenvalue weighted by Crippen LogP contribution is 2.32. The Bertz CT molecular complexity index is 452. The lowest BCUT2D eigenvalue weighted by molar-refractivity contribution is -0.137. The van der Waals surface area contributed by atoms with E-state index >= 15 is 0 Å². The Hall–Kier alpha value is -1.46. The summed E-state index contributed by atoms with van der Waals surface area (Å²) in [7, 11) is 1.57. The number of halogens is 3. The lowest BCUT2D eigenvalue weighted by Gasteiger charge is -2.22. The van der Waals surface area contributed by atoms with Crippen LogP contribution >= 0.6 is 0 Å². The van der Waals surface area contributed by atoms with Gasteiger partial charge in [-0.1, -0.05) is 32.1 Å². The Labute approximate surface area is 123 Å². The standard InChI is InChI=1S/C15H22F3N3/c1-19-13-9-11(15(16,17)18)10-14(21-13)20-12-7-5-3-2-4-6-8-12/h9-10,12H,2-8H2,1H3,(H2,19,20,21). The molecule has 1 aromatic heterocycles. The summed E-state index contributed by atoms with van der Waals surface area (Å²) in [5.41, 5.74) is -0.671. The summed E-state index contributed by atoms with van der Waals surface area (Å²) >= 11 is 0. The number of hydrogen-bond donors (Lipinski definition) is 2. The molecule has 1 aliphatic carbocycles. The van der Waals surface area contributed by atoms with Crippen LogP contribution in [0.1, 0.15) is 50.5 Å². The van der Waals surface area contributed by atoms with E-state index in [1.54, 1.807) is 7.05 Å². The van der Waals surface area contributed by atoms with Crippen LogP contribution in [0.4, 0.5) is 24.8 Å². The van der Waals surface area contributed by atoms with Crippen LogP contribution in [0.25, 0.3) is 0 Å². The molecule has 0 amide bonds. The highest BCUT2D eigenvalue weighted by molar-refractivity contribution is 5.50. The summed E-state index contributed by atoms with van der Waals surface area (Å²) in [5, 5.41) is 5.87. The van der Waals surface area contributed by atoms with Gasteiger partial charge in [-0.25, -0.2) is 4.98 Å². The monoisotopic (exact) mass is 301 g/mol. The molecule has 0 spiro atoms. The van der Waals surface area contributed by atoms with E-state index in [9.17, 15) is 13.2 Å². The number of rotatable bonds is 3. The Morgan fingerprint density at radius 1 is 1.00 bits per heavy atom. The SMILES string of the molecule is CNc1cc(C(F)(F)F)cc(NC2CCCCCCC2)n1. The quantitative estimate of drug-likeness (QED) is 0.852. The number of alkyl halides is 3. The number of nitrogens with zero attached hydrogens (tertiary/aromatic N) is 1. The average Bonchev–Trinajstić information content (AvgIpc) is 2.40. The second-order valence-corrected chi connectivity index (χ2v) is 5.56. The molecule has 0 atom stereocenters. The molecule has 0 bridgehead atoms. The summed E-state index contributed by atoms with van der Waals surface area (Å²) in [4.78, 5) is 4.19. The van der Waals surface area contributed by atoms with Crippen LogP contribution in [-0.4, -0.2) is 18.1 Å². The second kappa shape index (κ2) is 7.00. The molecule has 1 heterocycles. The first kappa shape index (κ1) is 15.9. The minimum atomic E-state index is -4.36. The first-order valence-corrected chi connectivity index (χ1v) is 7.52. The predicted molar refractivity (Wildman–Crippen MR) is 78.5 cm³/mol. The fourth-order valence-corrected chi connectivity index (χ4v) is 2.71. The molecule has 2 rings (SSSR count). The van der Waals surface area contributed by atoms with Crippen LogP contribution in [0.2, 0.25) is 0 Å². The highest BCUT2D eigenvalue weighted by Gasteiger charge is 2.31. The van der Waals surface area contributed by atoms with Gasteiger partial charge in [0.15, 0.2) is 0 Å². The van der Waals surface area contributed by atoms with E-state index in [-0.39, 0.29) is 11.9 Å². The third-order valence-corrected chi connectivity index (χ3v) is 3.87. The van der Waals surface area contributed by atoms with E-state index in [4.69, 9.17) is 0 Å². The van der Waals surface area contributed by atoms with E-state index in [0.29, 0.717) is 5.82 Å². The molecule has 6 heteroatoms. The van der Waals surface area contributed by atoms with E-state index in [1.165, 1.54) is 19.3 Å². The highest BCUT2D eigenvalue weighted by atomic mass is 19.4. The fraction of sp³-hybridized carbons (Fsp3) is 0.667. The maximum atomic E-state index is 12.9. The summed E-state index contributed by atoms with van der Waals surface area (Å²) in [5.74, 6) is 0.540. The zero-order chi connectivity index (χ0) is 15.3. The number of anilines is 2. The molecule has 0 radical (unpaired) electrons. The normalized spacial score (nSPS) is 17.9. The van der Waals surface area contributed by atoms with E-state index < -0.39 is 11.7 Å². The zero-order valence-electron chi connectivity index (χ0n) is 12.3. The van der Waals surface area contributed by atoms with Gasteiger partial charge in [0.1, 0.15) is 11.6 Å². The first-order valence-electron chi connectivity index (χ1n) is 7.52. The molecular formula is C15H22F3N3. The maximum Gasteiger partial charge on any atom is 0.416 e. The topological polar surface area (TPSA) is 37.0 Å². The van der Waals surface area contributed by atoms with Crippen molar-refractivity contribution in [3.05, 3.63) is 17.7 Å². The van der Waals surface area contributed by atoms with Crippen LogP contribution in [0, 0.1) is 0 Å². The minimum absolute atomic E-state index is 0.214. The molecule has 1 saturated carbocycles. The van der Waals surface area contributed by atoms with Gasteiger partial charge in [0.25, 0.3) is 0 Å². The van der Waals surface area contributed by atoms with Crippen LogP contribution in [0.15, 0.2) is 12.1 Å². The van der Waals surface area contributed by atoms with Crippen molar-refractivity contribution in [1.82, 2.24) is 4.98 Å². The van der Waals surface area contributed by atoms with Gasteiger partial charge in [-0.2, -0.15) is 13.2 Å². The van der Waals surface area contributed by atoms with Gasteiger partial charge < -0.3 is 10.6 Å². The van der Waals surface area contributed by atoms with Gasteiger partial charge in [-0.05, 0) is 25.0 Å². The van der Waals surface area contributed by atoms with Crippen molar-refractivity contribution >= 4 is 11.6 Å². The van der Waals surface area contributed by atoms with E-state index in [0.717, 1.165) is 37.8 Å². The average molecular weight is 301 g/mol. The third kappa shape index (κ3) is 4.79. The molecule has 0 aromatic carbocycles. The van der Waals surface area contributed by atoms with Gasteiger partial charge in [0.2, 0.25) is 0 Å². The minimum Gasteiger partial charge on any atom is -0.373 e. The van der Waals surface area contributed by atoms with Crippen molar-refractivity contribution in [2.75, 3.05) is 17.7 Å². The van der Waals surface area contributed by atoms with Crippen molar-refractivity contribution < 1.29 is 13.2 Å². The lowest BCUT2D eigenvalue weighted by Crippen LogP contribution is -2.22. The molecule has 0 unspecified atom stereocenters. The van der Waals surface area contributed by atoms with E-state index in [2.05, 4.69) is 15.6 Å². The van der Waals surface area contributed by atoms with Gasteiger partial charge in [0.05, 0.1) is 5.56 Å². The third-order valence-electron chi connectivity index (χ3n) is 3.87. The molecule has 0 aliphatic heterocycles. The molecule has 0 saturated heterocycles. The lowest BCUT2D eigenvalue weighted by atomic mass is 9.97. The van der Waals surface area contributed by atoms with Gasteiger partial charge in [-0.15, -0.1) is 0 Å². The summed E-state index contributed by atoms with van der Waals surface area (Å²) in [6.45, 7) is 0. The number of pyridine rings is 1. The van der Waals surface area contributed by atoms with Gasteiger partial charge in [0, 0.05) is 13.1 Å². The molecule has 1 aromatic rings.